The van der Waals surface area contributed by atoms with Crippen LogP contribution in [-0.2, 0) is 11.2 Å². The van der Waals surface area contributed by atoms with E-state index in [9.17, 15) is 9.90 Å². The van der Waals surface area contributed by atoms with Gasteiger partial charge in [0.05, 0.1) is 12.3 Å². The lowest BCUT2D eigenvalue weighted by molar-refractivity contribution is -0.121. The number of nitriles is 1. The summed E-state index contributed by atoms with van der Waals surface area (Å²) in [6.45, 7) is 8.13. The van der Waals surface area contributed by atoms with Crippen molar-refractivity contribution in [2.75, 3.05) is 6.54 Å². The maximum absolute atomic E-state index is 12.0. The second-order valence-corrected chi connectivity index (χ2v) is 6.75. The average Bonchev–Trinajstić information content (AvgIpc) is 2.95. The highest BCUT2D eigenvalue weighted by molar-refractivity contribution is 5.76. The molecule has 0 aromatic carbocycles. The number of hydrogen-bond acceptors (Lipinski definition) is 5. The van der Waals surface area contributed by atoms with E-state index in [4.69, 9.17) is 5.26 Å². The fraction of sp³-hybridized carbons (Fsp3) is 0.556. The molecule has 25 heavy (non-hydrogen) atoms. The Labute approximate surface area is 147 Å². The Bertz CT molecular complexity index is 804. The average molecular weight is 343 g/mol. The molecule has 0 radical (unpaired) electrons. The van der Waals surface area contributed by atoms with E-state index in [1.54, 1.807) is 4.52 Å². The van der Waals surface area contributed by atoms with Crippen molar-refractivity contribution in [3.63, 3.8) is 0 Å². The van der Waals surface area contributed by atoms with Crippen molar-refractivity contribution in [2.45, 2.75) is 53.1 Å². The van der Waals surface area contributed by atoms with E-state index in [1.807, 2.05) is 27.7 Å². The molecule has 0 fully saturated rings. The number of fused-ring (bicyclic) bond motifs is 1. The van der Waals surface area contributed by atoms with Crippen molar-refractivity contribution < 1.29 is 9.90 Å². The molecule has 1 atom stereocenters. The van der Waals surface area contributed by atoms with Gasteiger partial charge in [-0.05, 0) is 38.2 Å². The van der Waals surface area contributed by atoms with Crippen LogP contribution in [0.4, 0.5) is 0 Å². The third kappa shape index (κ3) is 4.54. The highest BCUT2D eigenvalue weighted by Crippen LogP contribution is 2.18. The Hall–Kier alpha value is -2.46. The fourth-order valence-electron chi connectivity index (χ4n) is 2.94. The first-order valence-electron chi connectivity index (χ1n) is 8.52. The van der Waals surface area contributed by atoms with E-state index in [0.29, 0.717) is 36.4 Å². The molecule has 0 aliphatic carbocycles. The minimum Gasteiger partial charge on any atom is -0.391 e. The molecule has 0 aliphatic rings. The number of aliphatic hydroxyl groups is 1. The Kier molecular flexibility index (Phi) is 6.10. The number of amides is 1. The summed E-state index contributed by atoms with van der Waals surface area (Å²) in [7, 11) is 0. The number of aromatic nitrogens is 3. The molecule has 0 saturated carbocycles. The molecule has 0 aliphatic heterocycles. The Morgan fingerprint density at radius 1 is 1.44 bits per heavy atom. The number of aryl methyl sites for hydroxylation is 2. The van der Waals surface area contributed by atoms with Crippen LogP contribution in [0.3, 0.4) is 0 Å². The van der Waals surface area contributed by atoms with E-state index in [0.717, 1.165) is 17.0 Å². The number of carbonyl (C=O) groups excluding carboxylic acids is 1. The van der Waals surface area contributed by atoms with Crippen LogP contribution in [0.25, 0.3) is 5.65 Å². The maximum Gasteiger partial charge on any atom is 0.220 e. The predicted octanol–water partition coefficient (Wildman–Crippen LogP) is 1.67. The van der Waals surface area contributed by atoms with Gasteiger partial charge in [-0.15, -0.1) is 0 Å². The fourth-order valence-corrected chi connectivity index (χ4v) is 2.94. The predicted molar refractivity (Wildman–Crippen MR) is 94.0 cm³/mol. The molecule has 134 valence electrons. The van der Waals surface area contributed by atoms with Crippen LogP contribution in [-0.4, -0.2) is 38.3 Å². The number of hydrogen-bond donors (Lipinski definition) is 2. The summed E-state index contributed by atoms with van der Waals surface area (Å²) < 4.78 is 1.64. The normalized spacial score (nSPS) is 12.4. The molecule has 2 rings (SSSR count). The van der Waals surface area contributed by atoms with Crippen molar-refractivity contribution in [3.05, 3.63) is 28.7 Å². The summed E-state index contributed by atoms with van der Waals surface area (Å²) in [5, 5.41) is 25.9. The summed E-state index contributed by atoms with van der Waals surface area (Å²) in [6.07, 6.45) is 2.50. The van der Waals surface area contributed by atoms with Crippen LogP contribution in [0.15, 0.2) is 6.20 Å². The number of carbonyl (C=O) groups is 1. The number of nitrogens with zero attached hydrogens (tertiary/aromatic N) is 4. The summed E-state index contributed by atoms with van der Waals surface area (Å²) in [5.74, 6) is 0.294. The zero-order valence-electron chi connectivity index (χ0n) is 15.2. The van der Waals surface area contributed by atoms with Gasteiger partial charge in [0.2, 0.25) is 5.91 Å². The highest BCUT2D eigenvalue weighted by atomic mass is 16.3. The number of nitrogens with one attached hydrogen (secondary N) is 1. The van der Waals surface area contributed by atoms with E-state index >= 15 is 0 Å². The molecular weight excluding hydrogens is 318 g/mol. The molecule has 1 amide bonds. The summed E-state index contributed by atoms with van der Waals surface area (Å²) in [5.41, 5.74) is 3.63. The third-order valence-corrected chi connectivity index (χ3v) is 4.21. The minimum atomic E-state index is -0.515. The number of aliphatic hydroxyl groups excluding tert-OH is 1. The lowest BCUT2D eigenvalue weighted by atomic mass is 10.1. The van der Waals surface area contributed by atoms with Gasteiger partial charge in [-0.3, -0.25) is 4.79 Å². The van der Waals surface area contributed by atoms with Gasteiger partial charge in [0, 0.05) is 24.4 Å². The molecule has 0 spiro atoms. The minimum absolute atomic E-state index is 0.0973. The quantitative estimate of drug-likeness (QED) is 0.796. The van der Waals surface area contributed by atoms with Gasteiger partial charge in [0.1, 0.15) is 11.6 Å². The van der Waals surface area contributed by atoms with Crippen molar-refractivity contribution in [3.8, 4) is 6.07 Å². The Balaban J connectivity index is 2.01. The van der Waals surface area contributed by atoms with Gasteiger partial charge in [0.15, 0.2) is 5.65 Å². The van der Waals surface area contributed by atoms with Crippen LogP contribution in [0.5, 0.6) is 0 Å². The Morgan fingerprint density at radius 2 is 2.16 bits per heavy atom. The van der Waals surface area contributed by atoms with Crippen molar-refractivity contribution >= 4 is 11.6 Å². The zero-order valence-corrected chi connectivity index (χ0v) is 15.2. The van der Waals surface area contributed by atoms with E-state index in [-0.39, 0.29) is 12.5 Å². The third-order valence-electron chi connectivity index (χ3n) is 4.21. The van der Waals surface area contributed by atoms with Crippen LogP contribution in [0.1, 0.15) is 49.2 Å². The smallest absolute Gasteiger partial charge is 0.220 e. The summed E-state index contributed by atoms with van der Waals surface area (Å²) in [4.78, 5) is 16.5. The Morgan fingerprint density at radius 3 is 2.80 bits per heavy atom. The van der Waals surface area contributed by atoms with Crippen LogP contribution >= 0.6 is 0 Å². The topological polar surface area (TPSA) is 103 Å². The van der Waals surface area contributed by atoms with E-state index in [1.165, 1.54) is 6.20 Å². The van der Waals surface area contributed by atoms with Crippen LogP contribution < -0.4 is 5.32 Å². The van der Waals surface area contributed by atoms with Crippen molar-refractivity contribution in [1.29, 1.82) is 5.26 Å². The zero-order chi connectivity index (χ0) is 18.6. The van der Waals surface area contributed by atoms with Crippen molar-refractivity contribution in [2.24, 2.45) is 5.92 Å². The van der Waals surface area contributed by atoms with Gasteiger partial charge in [0.25, 0.3) is 0 Å². The second kappa shape index (κ2) is 8.08. The molecule has 0 saturated heterocycles. The monoisotopic (exact) mass is 343 g/mol. The molecule has 1 unspecified atom stereocenters. The van der Waals surface area contributed by atoms with Crippen molar-refractivity contribution in [1.82, 2.24) is 19.9 Å². The SMILES string of the molecule is Cc1nc2c(C#N)cnn2c(C)c1CCC(=O)NCC(O)CC(C)C. The van der Waals surface area contributed by atoms with E-state index in [2.05, 4.69) is 21.5 Å². The lowest BCUT2D eigenvalue weighted by Crippen LogP contribution is -2.33. The standard InChI is InChI=1S/C18H25N5O2/c1-11(2)7-15(24)10-20-17(25)6-5-16-12(3)22-18-14(8-19)9-21-23(18)13(16)4/h9,11,15,24H,5-7,10H2,1-4H3,(H,20,25). The molecule has 2 aromatic rings. The lowest BCUT2D eigenvalue weighted by Gasteiger charge is -2.14. The van der Waals surface area contributed by atoms with Gasteiger partial charge in [-0.2, -0.15) is 10.4 Å². The highest BCUT2D eigenvalue weighted by Gasteiger charge is 2.15. The molecular formula is C18H25N5O2. The molecule has 7 nitrogen and oxygen atoms in total. The first-order chi connectivity index (χ1) is 11.8. The van der Waals surface area contributed by atoms with Gasteiger partial charge >= 0.3 is 0 Å². The van der Waals surface area contributed by atoms with Crippen LogP contribution in [0.2, 0.25) is 0 Å². The molecule has 2 aromatic heterocycles. The first-order valence-corrected chi connectivity index (χ1v) is 8.52. The summed E-state index contributed by atoms with van der Waals surface area (Å²) >= 11 is 0. The molecule has 2 heterocycles. The van der Waals surface area contributed by atoms with Gasteiger partial charge in [-0.25, -0.2) is 9.50 Å². The van der Waals surface area contributed by atoms with E-state index < -0.39 is 6.10 Å². The van der Waals surface area contributed by atoms with Crippen LogP contribution in [0, 0.1) is 31.1 Å². The second-order valence-electron chi connectivity index (χ2n) is 6.75. The molecule has 0 bridgehead atoms. The molecule has 2 N–H and O–H groups in total. The molecule has 7 heteroatoms. The van der Waals surface area contributed by atoms with Gasteiger partial charge in [-0.1, -0.05) is 13.8 Å². The number of rotatable bonds is 7. The largest absolute Gasteiger partial charge is 0.391 e. The summed E-state index contributed by atoms with van der Waals surface area (Å²) in [6, 6.07) is 2.08. The van der Waals surface area contributed by atoms with Gasteiger partial charge < -0.3 is 10.4 Å². The maximum atomic E-state index is 12.0. The first kappa shape index (κ1) is 18.9.